The summed E-state index contributed by atoms with van der Waals surface area (Å²) in [6.45, 7) is 5.25. The first kappa shape index (κ1) is 15.9. The molecule has 1 amide bonds. The molecular weight excluding hydrogens is 313 g/mol. The van der Waals surface area contributed by atoms with E-state index in [1.165, 1.54) is 12.3 Å². The smallest absolute Gasteiger partial charge is 0.261 e. The molecule has 3 rings (SSSR count). The number of rotatable bonds is 3. The van der Waals surface area contributed by atoms with Crippen LogP contribution in [0.1, 0.15) is 34.3 Å². The molecule has 0 aliphatic rings. The van der Waals surface area contributed by atoms with E-state index in [4.69, 9.17) is 4.52 Å². The van der Waals surface area contributed by atoms with E-state index in [-0.39, 0.29) is 10.9 Å². The minimum Gasteiger partial charge on any atom is -0.360 e. The molecule has 24 heavy (non-hydrogen) atoms. The second-order valence-electron chi connectivity index (χ2n) is 5.55. The van der Waals surface area contributed by atoms with Crippen LogP contribution < -0.4 is 10.7 Å². The van der Waals surface area contributed by atoms with Gasteiger partial charge in [-0.3, -0.25) is 9.59 Å². The number of pyridine rings is 1. The third kappa shape index (κ3) is 2.58. The molecule has 3 aromatic rings. The van der Waals surface area contributed by atoms with E-state index >= 15 is 0 Å². The molecule has 0 bridgehead atoms. The minimum absolute atomic E-state index is 0.102. The van der Waals surface area contributed by atoms with Gasteiger partial charge in [0.05, 0.1) is 5.52 Å². The summed E-state index contributed by atoms with van der Waals surface area (Å²) in [5.74, 6) is -0.591. The highest BCUT2D eigenvalue weighted by Crippen LogP contribution is 2.21. The Labute approximate surface area is 136 Å². The number of halogens is 1. The number of H-pyrrole nitrogens is 1. The molecular formula is C17H16FN3O3. The van der Waals surface area contributed by atoms with Gasteiger partial charge in [-0.25, -0.2) is 4.39 Å². The van der Waals surface area contributed by atoms with Gasteiger partial charge in [0.25, 0.3) is 5.91 Å². The fourth-order valence-corrected chi connectivity index (χ4v) is 2.64. The third-order valence-electron chi connectivity index (χ3n) is 3.89. The third-order valence-corrected chi connectivity index (χ3v) is 3.89. The Morgan fingerprint density at radius 2 is 2.12 bits per heavy atom. The van der Waals surface area contributed by atoms with E-state index in [0.717, 1.165) is 6.07 Å². The lowest BCUT2D eigenvalue weighted by atomic mass is 10.1. The summed E-state index contributed by atoms with van der Waals surface area (Å²) >= 11 is 0. The number of carbonyl (C=O) groups excluding carboxylic acids is 1. The van der Waals surface area contributed by atoms with Gasteiger partial charge in [-0.15, -0.1) is 0 Å². The summed E-state index contributed by atoms with van der Waals surface area (Å²) < 4.78 is 18.7. The summed E-state index contributed by atoms with van der Waals surface area (Å²) in [5, 5.41) is 6.59. The Morgan fingerprint density at radius 1 is 1.38 bits per heavy atom. The fraction of sp³-hybridized carbons (Fsp3) is 0.235. The van der Waals surface area contributed by atoms with Crippen molar-refractivity contribution in [2.24, 2.45) is 0 Å². The van der Waals surface area contributed by atoms with Crippen LogP contribution in [-0.4, -0.2) is 16.0 Å². The number of benzene rings is 1. The van der Waals surface area contributed by atoms with Crippen LogP contribution in [0.5, 0.6) is 0 Å². The van der Waals surface area contributed by atoms with Crippen LogP contribution >= 0.6 is 0 Å². The maximum absolute atomic E-state index is 13.6. The lowest BCUT2D eigenvalue weighted by Gasteiger charge is -2.07. The van der Waals surface area contributed by atoms with Crippen molar-refractivity contribution in [2.75, 3.05) is 5.32 Å². The van der Waals surface area contributed by atoms with E-state index in [1.807, 2.05) is 6.92 Å². The van der Waals surface area contributed by atoms with Gasteiger partial charge >= 0.3 is 0 Å². The second kappa shape index (κ2) is 5.92. The Balaban J connectivity index is 2.06. The van der Waals surface area contributed by atoms with Crippen LogP contribution in [0.3, 0.4) is 0 Å². The van der Waals surface area contributed by atoms with Gasteiger partial charge in [0.15, 0.2) is 5.76 Å². The van der Waals surface area contributed by atoms with Gasteiger partial charge in [0.2, 0.25) is 5.43 Å². The molecule has 0 aliphatic heterocycles. The van der Waals surface area contributed by atoms with Crippen LogP contribution in [0.2, 0.25) is 0 Å². The van der Waals surface area contributed by atoms with Crippen molar-refractivity contribution >= 4 is 22.5 Å². The molecule has 0 aliphatic carbocycles. The molecule has 2 N–H and O–H groups in total. The summed E-state index contributed by atoms with van der Waals surface area (Å²) in [5.41, 5.74) is 1.45. The Hall–Kier alpha value is -2.96. The molecule has 2 aromatic heterocycles. The molecule has 6 nitrogen and oxygen atoms in total. The molecule has 0 spiro atoms. The minimum atomic E-state index is -0.596. The molecule has 0 radical (unpaired) electrons. The highest BCUT2D eigenvalue weighted by Gasteiger charge is 2.19. The molecule has 0 atom stereocenters. The van der Waals surface area contributed by atoms with Crippen LogP contribution in [-0.2, 0) is 6.42 Å². The number of nitrogens with zero attached hydrogens (tertiary/aromatic N) is 1. The molecule has 2 heterocycles. The molecule has 124 valence electrons. The first-order valence-corrected chi connectivity index (χ1v) is 7.50. The van der Waals surface area contributed by atoms with Gasteiger partial charge in [-0.1, -0.05) is 12.1 Å². The van der Waals surface area contributed by atoms with Gasteiger partial charge < -0.3 is 14.8 Å². The Kier molecular flexibility index (Phi) is 3.92. The highest BCUT2D eigenvalue weighted by molar-refractivity contribution is 6.06. The van der Waals surface area contributed by atoms with Crippen molar-refractivity contribution in [1.82, 2.24) is 10.1 Å². The molecule has 0 fully saturated rings. The van der Waals surface area contributed by atoms with Gasteiger partial charge in [0, 0.05) is 18.0 Å². The number of anilines is 1. The summed E-state index contributed by atoms with van der Waals surface area (Å²) in [4.78, 5) is 27.9. The highest BCUT2D eigenvalue weighted by atomic mass is 19.1. The largest absolute Gasteiger partial charge is 0.360 e. The normalized spacial score (nSPS) is 11.0. The standard InChI is InChI=1S/C17H16FN3O3/c1-4-13-15(9(3)21-24-13)20-17(23)12-7-19-14-8(2)5-10(18)6-11(14)16(12)22/h5-7H,4H2,1-3H3,(H,19,22)(H,20,23). The number of aromatic nitrogens is 2. The SMILES string of the molecule is CCc1onc(C)c1NC(=O)c1c[nH]c2c(C)cc(F)cc2c1=O. The first-order chi connectivity index (χ1) is 11.4. The zero-order chi connectivity index (χ0) is 17.4. The maximum atomic E-state index is 13.6. The van der Waals surface area contributed by atoms with Gasteiger partial charge in [-0.2, -0.15) is 0 Å². The average Bonchev–Trinajstić information content (AvgIpc) is 2.88. The number of aromatic amines is 1. The molecule has 0 saturated heterocycles. The lowest BCUT2D eigenvalue weighted by Crippen LogP contribution is -2.22. The number of amides is 1. The van der Waals surface area contributed by atoms with Crippen molar-refractivity contribution < 1.29 is 13.7 Å². The van der Waals surface area contributed by atoms with Crippen LogP contribution in [0.25, 0.3) is 10.9 Å². The molecule has 1 aromatic carbocycles. The maximum Gasteiger partial charge on any atom is 0.261 e. The quantitative estimate of drug-likeness (QED) is 0.773. The summed E-state index contributed by atoms with van der Waals surface area (Å²) in [6, 6.07) is 2.45. The molecule has 0 saturated carbocycles. The van der Waals surface area contributed by atoms with Crippen LogP contribution in [0, 0.1) is 19.7 Å². The van der Waals surface area contributed by atoms with E-state index in [2.05, 4.69) is 15.5 Å². The van der Waals surface area contributed by atoms with Crippen LogP contribution in [0.4, 0.5) is 10.1 Å². The Bertz CT molecular complexity index is 1000. The summed E-state index contributed by atoms with van der Waals surface area (Å²) in [6.07, 6.45) is 1.88. The number of nitrogens with one attached hydrogen (secondary N) is 2. The number of carbonyl (C=O) groups is 1. The van der Waals surface area contributed by atoms with Crippen molar-refractivity contribution in [1.29, 1.82) is 0 Å². The number of fused-ring (bicyclic) bond motifs is 1. The number of hydrogen-bond donors (Lipinski definition) is 2. The van der Waals surface area contributed by atoms with E-state index in [0.29, 0.717) is 34.6 Å². The topological polar surface area (TPSA) is 88.0 Å². The van der Waals surface area contributed by atoms with E-state index < -0.39 is 17.2 Å². The van der Waals surface area contributed by atoms with Gasteiger partial charge in [-0.05, 0) is 31.5 Å². The predicted octanol–water partition coefficient (Wildman–Crippen LogP) is 3.09. The average molecular weight is 329 g/mol. The van der Waals surface area contributed by atoms with Crippen molar-refractivity contribution in [3.05, 3.63) is 57.0 Å². The fourth-order valence-electron chi connectivity index (χ4n) is 2.64. The lowest BCUT2D eigenvalue weighted by molar-refractivity contribution is 0.102. The van der Waals surface area contributed by atoms with Crippen molar-refractivity contribution in [3.8, 4) is 0 Å². The monoisotopic (exact) mass is 329 g/mol. The first-order valence-electron chi connectivity index (χ1n) is 7.50. The zero-order valence-corrected chi connectivity index (χ0v) is 13.5. The zero-order valence-electron chi connectivity index (χ0n) is 13.5. The molecule has 0 unspecified atom stereocenters. The van der Waals surface area contributed by atoms with E-state index in [9.17, 15) is 14.0 Å². The Morgan fingerprint density at radius 3 is 2.83 bits per heavy atom. The van der Waals surface area contributed by atoms with Crippen molar-refractivity contribution in [2.45, 2.75) is 27.2 Å². The summed E-state index contributed by atoms with van der Waals surface area (Å²) in [7, 11) is 0. The second-order valence-corrected chi connectivity index (χ2v) is 5.55. The van der Waals surface area contributed by atoms with Crippen molar-refractivity contribution in [3.63, 3.8) is 0 Å². The van der Waals surface area contributed by atoms with Crippen LogP contribution in [0.15, 0.2) is 27.6 Å². The van der Waals surface area contributed by atoms with E-state index in [1.54, 1.807) is 13.8 Å². The molecule has 7 heteroatoms. The number of aryl methyl sites for hydroxylation is 3. The number of hydrogen-bond acceptors (Lipinski definition) is 4. The van der Waals surface area contributed by atoms with Gasteiger partial charge in [0.1, 0.15) is 22.8 Å². The predicted molar refractivity (Wildman–Crippen MR) is 87.8 cm³/mol.